The van der Waals surface area contributed by atoms with E-state index in [1.807, 2.05) is 6.92 Å². The van der Waals surface area contributed by atoms with Gasteiger partial charge in [-0.05, 0) is 25.7 Å². The molecule has 0 aromatic rings. The zero-order chi connectivity index (χ0) is 15.0. The van der Waals surface area contributed by atoms with Gasteiger partial charge in [0.25, 0.3) is 0 Å². The van der Waals surface area contributed by atoms with E-state index in [9.17, 15) is 14.7 Å². The van der Waals surface area contributed by atoms with E-state index in [1.54, 1.807) is 4.90 Å². The lowest BCUT2D eigenvalue weighted by molar-refractivity contribution is -0.151. The van der Waals surface area contributed by atoms with Crippen LogP contribution in [0.15, 0.2) is 0 Å². The van der Waals surface area contributed by atoms with Crippen molar-refractivity contribution < 1.29 is 14.7 Å². The molecule has 0 unspecified atom stereocenters. The number of carbonyl (C=O) groups is 2. The predicted molar refractivity (Wildman–Crippen MR) is 78.7 cm³/mol. The molecule has 0 radical (unpaired) electrons. The monoisotopic (exact) mass is 284 g/mol. The molecule has 1 heterocycles. The van der Waals surface area contributed by atoms with Crippen LogP contribution in [-0.2, 0) is 4.79 Å². The van der Waals surface area contributed by atoms with Crippen molar-refractivity contribution in [1.82, 2.24) is 10.2 Å². The van der Waals surface area contributed by atoms with E-state index in [0.29, 0.717) is 38.9 Å². The summed E-state index contributed by atoms with van der Waals surface area (Å²) in [6.07, 6.45) is 6.31. The molecule has 0 aliphatic carbocycles. The molecule has 2 amide bonds. The van der Waals surface area contributed by atoms with Gasteiger partial charge in [0.05, 0.1) is 5.41 Å². The van der Waals surface area contributed by atoms with Crippen molar-refractivity contribution in [3.63, 3.8) is 0 Å². The number of rotatable bonds is 7. The summed E-state index contributed by atoms with van der Waals surface area (Å²) in [6.45, 7) is 5.88. The van der Waals surface area contributed by atoms with Gasteiger partial charge in [-0.2, -0.15) is 0 Å². The van der Waals surface area contributed by atoms with E-state index in [4.69, 9.17) is 0 Å². The van der Waals surface area contributed by atoms with Gasteiger partial charge >= 0.3 is 12.0 Å². The fourth-order valence-electron chi connectivity index (χ4n) is 2.72. The molecule has 1 rings (SSSR count). The summed E-state index contributed by atoms with van der Waals surface area (Å²) in [5.74, 6) is -0.723. The Balaban J connectivity index is 2.30. The standard InChI is InChI=1S/C15H28N2O3/c1-3-5-6-7-10-16-14(20)17-11-8-15(4-2,9-12-17)13(18)19/h3-12H2,1-2H3,(H,16,20)(H,18,19). The first-order chi connectivity index (χ1) is 9.55. The molecular weight excluding hydrogens is 256 g/mol. The van der Waals surface area contributed by atoms with Gasteiger partial charge in [-0.1, -0.05) is 33.1 Å². The molecule has 5 nitrogen and oxygen atoms in total. The van der Waals surface area contributed by atoms with Crippen molar-refractivity contribution in [3.8, 4) is 0 Å². The molecule has 0 aromatic heterocycles. The third kappa shape index (κ3) is 4.39. The number of urea groups is 1. The van der Waals surface area contributed by atoms with Crippen molar-refractivity contribution in [2.75, 3.05) is 19.6 Å². The first-order valence-electron chi connectivity index (χ1n) is 7.82. The zero-order valence-electron chi connectivity index (χ0n) is 12.8. The molecule has 1 aliphatic heterocycles. The van der Waals surface area contributed by atoms with Crippen molar-refractivity contribution in [1.29, 1.82) is 0 Å². The molecule has 1 saturated heterocycles. The Morgan fingerprint density at radius 1 is 1.15 bits per heavy atom. The summed E-state index contributed by atoms with van der Waals surface area (Å²) in [5.41, 5.74) is -0.627. The molecule has 2 N–H and O–H groups in total. The molecule has 0 bridgehead atoms. The minimum atomic E-state index is -0.723. The van der Waals surface area contributed by atoms with Crippen LogP contribution in [0.4, 0.5) is 4.79 Å². The lowest BCUT2D eigenvalue weighted by Gasteiger charge is -2.38. The first-order valence-corrected chi connectivity index (χ1v) is 7.82. The molecule has 1 fully saturated rings. The molecule has 20 heavy (non-hydrogen) atoms. The third-order valence-electron chi connectivity index (χ3n) is 4.44. The second-order valence-corrected chi connectivity index (χ2v) is 5.72. The molecule has 0 aromatic carbocycles. The molecule has 0 spiro atoms. The number of hydrogen-bond acceptors (Lipinski definition) is 2. The number of nitrogens with one attached hydrogen (secondary N) is 1. The van der Waals surface area contributed by atoms with E-state index in [-0.39, 0.29) is 6.03 Å². The van der Waals surface area contributed by atoms with Crippen molar-refractivity contribution in [2.45, 2.75) is 58.8 Å². The van der Waals surface area contributed by atoms with Crippen LogP contribution in [0.25, 0.3) is 0 Å². The second-order valence-electron chi connectivity index (χ2n) is 5.72. The lowest BCUT2D eigenvalue weighted by atomic mass is 9.76. The van der Waals surface area contributed by atoms with Gasteiger partial charge in [-0.3, -0.25) is 4.79 Å². The highest BCUT2D eigenvalue weighted by molar-refractivity contribution is 5.77. The topological polar surface area (TPSA) is 69.6 Å². The molecule has 0 atom stereocenters. The highest BCUT2D eigenvalue weighted by atomic mass is 16.4. The number of amides is 2. The number of unbranched alkanes of at least 4 members (excludes halogenated alkanes) is 3. The van der Waals surface area contributed by atoms with Gasteiger partial charge in [0.1, 0.15) is 0 Å². The number of carbonyl (C=O) groups excluding carboxylic acids is 1. The van der Waals surface area contributed by atoms with Gasteiger partial charge in [-0.15, -0.1) is 0 Å². The largest absolute Gasteiger partial charge is 0.481 e. The number of carboxylic acid groups (broad SMARTS) is 1. The maximum atomic E-state index is 12.0. The normalized spacial score (nSPS) is 17.8. The number of nitrogens with zero attached hydrogens (tertiary/aromatic N) is 1. The van der Waals surface area contributed by atoms with Gasteiger partial charge in [0, 0.05) is 19.6 Å². The Bertz CT molecular complexity index is 323. The lowest BCUT2D eigenvalue weighted by Crippen LogP contribution is -2.49. The summed E-state index contributed by atoms with van der Waals surface area (Å²) < 4.78 is 0. The summed E-state index contributed by atoms with van der Waals surface area (Å²) in [4.78, 5) is 25.1. The minimum absolute atomic E-state index is 0.0448. The van der Waals surface area contributed by atoms with E-state index < -0.39 is 11.4 Å². The van der Waals surface area contributed by atoms with Crippen LogP contribution in [0.2, 0.25) is 0 Å². The van der Waals surface area contributed by atoms with Gasteiger partial charge in [0.15, 0.2) is 0 Å². The summed E-state index contributed by atoms with van der Waals surface area (Å²) >= 11 is 0. The highest BCUT2D eigenvalue weighted by Gasteiger charge is 2.40. The quantitative estimate of drug-likeness (QED) is 0.706. The summed E-state index contributed by atoms with van der Waals surface area (Å²) in [7, 11) is 0. The van der Waals surface area contributed by atoms with Gasteiger partial charge < -0.3 is 15.3 Å². The fraction of sp³-hybridized carbons (Fsp3) is 0.867. The Kier molecular flexibility index (Phi) is 6.82. The van der Waals surface area contributed by atoms with Crippen molar-refractivity contribution >= 4 is 12.0 Å². The van der Waals surface area contributed by atoms with Gasteiger partial charge in [0.2, 0.25) is 0 Å². The zero-order valence-corrected chi connectivity index (χ0v) is 12.8. The molecule has 116 valence electrons. The maximum Gasteiger partial charge on any atom is 0.317 e. The average Bonchev–Trinajstić information content (AvgIpc) is 2.46. The molecule has 0 saturated carbocycles. The Hall–Kier alpha value is -1.26. The van der Waals surface area contributed by atoms with Crippen LogP contribution in [-0.4, -0.2) is 41.6 Å². The first kappa shape index (κ1) is 16.8. The van der Waals surface area contributed by atoms with E-state index >= 15 is 0 Å². The number of piperidine rings is 1. The maximum absolute atomic E-state index is 12.0. The van der Waals surface area contributed by atoms with Crippen LogP contribution >= 0.6 is 0 Å². The highest BCUT2D eigenvalue weighted by Crippen LogP contribution is 2.35. The average molecular weight is 284 g/mol. The number of aliphatic carboxylic acids is 1. The Morgan fingerprint density at radius 3 is 2.30 bits per heavy atom. The summed E-state index contributed by atoms with van der Waals surface area (Å²) in [6, 6.07) is -0.0448. The smallest absolute Gasteiger partial charge is 0.317 e. The van der Waals surface area contributed by atoms with E-state index in [2.05, 4.69) is 12.2 Å². The minimum Gasteiger partial charge on any atom is -0.481 e. The SMILES string of the molecule is CCCCCCNC(=O)N1CCC(CC)(C(=O)O)CC1. The third-order valence-corrected chi connectivity index (χ3v) is 4.44. The number of likely N-dealkylation sites (tertiary alicyclic amines) is 1. The molecular formula is C15H28N2O3. The fourth-order valence-corrected chi connectivity index (χ4v) is 2.72. The molecule has 1 aliphatic rings. The van der Waals surface area contributed by atoms with Crippen LogP contribution in [0.3, 0.4) is 0 Å². The van der Waals surface area contributed by atoms with Crippen LogP contribution in [0.5, 0.6) is 0 Å². The van der Waals surface area contributed by atoms with Crippen LogP contribution < -0.4 is 5.32 Å². The molecule has 5 heteroatoms. The number of carboxylic acids is 1. The van der Waals surface area contributed by atoms with E-state index in [0.717, 1.165) is 12.8 Å². The van der Waals surface area contributed by atoms with Crippen LogP contribution in [0.1, 0.15) is 58.8 Å². The van der Waals surface area contributed by atoms with E-state index in [1.165, 1.54) is 12.8 Å². The van der Waals surface area contributed by atoms with Crippen LogP contribution in [0, 0.1) is 5.41 Å². The Morgan fingerprint density at radius 2 is 1.80 bits per heavy atom. The van der Waals surface area contributed by atoms with Crippen molar-refractivity contribution in [2.24, 2.45) is 5.41 Å². The number of hydrogen-bond donors (Lipinski definition) is 2. The van der Waals surface area contributed by atoms with Gasteiger partial charge in [-0.25, -0.2) is 4.79 Å². The Labute approximate surface area is 121 Å². The summed E-state index contributed by atoms with van der Waals surface area (Å²) in [5, 5.41) is 12.2. The predicted octanol–water partition coefficient (Wildman–Crippen LogP) is 2.85. The second kappa shape index (κ2) is 8.12. The van der Waals surface area contributed by atoms with Crippen molar-refractivity contribution in [3.05, 3.63) is 0 Å².